The van der Waals surface area contributed by atoms with Crippen LogP contribution in [0.5, 0.6) is 5.75 Å². The average Bonchev–Trinajstić information content (AvgIpc) is 2.84. The fourth-order valence-electron chi connectivity index (χ4n) is 3.56. The number of rotatable bonds is 12. The first-order valence-corrected chi connectivity index (χ1v) is 14.8. The van der Waals surface area contributed by atoms with Crippen molar-refractivity contribution in [2.45, 2.75) is 70.1 Å². The number of benzene rings is 3. The minimum atomic E-state index is -4.02. The van der Waals surface area contributed by atoms with Gasteiger partial charge in [-0.15, -0.1) is 0 Å². The molecule has 35 heavy (non-hydrogen) atoms. The van der Waals surface area contributed by atoms with Crippen LogP contribution in [0.2, 0.25) is 0 Å². The van der Waals surface area contributed by atoms with Gasteiger partial charge in [0, 0.05) is 3.57 Å². The highest BCUT2D eigenvalue weighted by atomic mass is 127. The van der Waals surface area contributed by atoms with Crippen LogP contribution in [0.15, 0.2) is 77.7 Å². The summed E-state index contributed by atoms with van der Waals surface area (Å²) in [6.07, 6.45) is 10.7. The maximum absolute atomic E-state index is 10.5. The molecular weight excluding hydrogens is 571 g/mol. The van der Waals surface area contributed by atoms with Crippen molar-refractivity contribution in [3.8, 4) is 16.9 Å². The second-order valence-corrected chi connectivity index (χ2v) is 11.2. The number of hydrogen-bond acceptors (Lipinski definition) is 3. The van der Waals surface area contributed by atoms with Gasteiger partial charge in [-0.05, 0) is 77.4 Å². The lowest BCUT2D eigenvalue weighted by atomic mass is 10.1. The van der Waals surface area contributed by atoms with Crippen LogP contribution in [-0.4, -0.2) is 19.6 Å². The lowest BCUT2D eigenvalue weighted by Crippen LogP contribution is -1.97. The Balaban J connectivity index is 0.000000328. The molecule has 0 radical (unpaired) electrons. The van der Waals surface area contributed by atoms with E-state index in [1.54, 1.807) is 12.1 Å². The molecule has 0 aliphatic heterocycles. The van der Waals surface area contributed by atoms with Gasteiger partial charge in [-0.3, -0.25) is 4.55 Å². The van der Waals surface area contributed by atoms with E-state index in [1.807, 2.05) is 6.92 Å². The van der Waals surface area contributed by atoms with Crippen LogP contribution in [0.3, 0.4) is 0 Å². The molecule has 0 amide bonds. The Bertz CT molecular complexity index is 1090. The van der Waals surface area contributed by atoms with Gasteiger partial charge in [0.2, 0.25) is 0 Å². The smallest absolute Gasteiger partial charge is 0.294 e. The molecule has 0 saturated carbocycles. The summed E-state index contributed by atoms with van der Waals surface area (Å²) in [5, 5.41) is 0. The molecular formula is C29H37IO4S. The minimum Gasteiger partial charge on any atom is -0.494 e. The summed E-state index contributed by atoms with van der Waals surface area (Å²) in [6, 6.07) is 22.9. The lowest BCUT2D eigenvalue weighted by Gasteiger charge is -2.08. The van der Waals surface area contributed by atoms with E-state index in [1.165, 1.54) is 71.8 Å². The van der Waals surface area contributed by atoms with Crippen LogP contribution in [0.4, 0.5) is 0 Å². The molecule has 0 heterocycles. The van der Waals surface area contributed by atoms with E-state index in [0.717, 1.165) is 24.3 Å². The Labute approximate surface area is 225 Å². The molecule has 3 aromatic carbocycles. The average molecular weight is 609 g/mol. The zero-order chi connectivity index (χ0) is 25.5. The molecule has 0 aromatic heterocycles. The van der Waals surface area contributed by atoms with Crippen molar-refractivity contribution in [2.24, 2.45) is 0 Å². The Morgan fingerprint density at radius 1 is 0.771 bits per heavy atom. The summed E-state index contributed by atoms with van der Waals surface area (Å²) in [4.78, 5) is -0.0666. The van der Waals surface area contributed by atoms with Gasteiger partial charge >= 0.3 is 0 Å². The summed E-state index contributed by atoms with van der Waals surface area (Å²) < 4.78 is 36.7. The quantitative estimate of drug-likeness (QED) is 0.127. The first kappa shape index (κ1) is 29.3. The Kier molecular flexibility index (Phi) is 13.4. The van der Waals surface area contributed by atoms with Gasteiger partial charge in [0.15, 0.2) is 0 Å². The van der Waals surface area contributed by atoms with Crippen molar-refractivity contribution < 1.29 is 17.7 Å². The van der Waals surface area contributed by atoms with Gasteiger partial charge in [-0.2, -0.15) is 8.42 Å². The van der Waals surface area contributed by atoms with Gasteiger partial charge in [0.25, 0.3) is 10.1 Å². The molecule has 3 aromatic rings. The van der Waals surface area contributed by atoms with E-state index in [9.17, 15) is 8.42 Å². The van der Waals surface area contributed by atoms with E-state index in [-0.39, 0.29) is 4.90 Å². The van der Waals surface area contributed by atoms with Crippen LogP contribution < -0.4 is 4.74 Å². The van der Waals surface area contributed by atoms with Gasteiger partial charge < -0.3 is 4.74 Å². The molecule has 0 spiro atoms. The molecule has 0 bridgehead atoms. The van der Waals surface area contributed by atoms with Gasteiger partial charge in [-0.25, -0.2) is 0 Å². The fraction of sp³-hybridized carbons (Fsp3) is 0.379. The van der Waals surface area contributed by atoms with Crippen molar-refractivity contribution in [3.05, 3.63) is 81.9 Å². The van der Waals surface area contributed by atoms with Gasteiger partial charge in [0.05, 0.1) is 11.5 Å². The second kappa shape index (κ2) is 16.0. The maximum Gasteiger partial charge on any atom is 0.294 e. The number of halogens is 1. The molecule has 4 nitrogen and oxygen atoms in total. The highest BCUT2D eigenvalue weighted by molar-refractivity contribution is 14.1. The molecule has 190 valence electrons. The summed E-state index contributed by atoms with van der Waals surface area (Å²) in [7, 11) is -4.02. The van der Waals surface area contributed by atoms with Crippen molar-refractivity contribution >= 4 is 32.7 Å². The van der Waals surface area contributed by atoms with Gasteiger partial charge in [-0.1, -0.05) is 99.9 Å². The molecule has 0 saturated heterocycles. The third-order valence-electron chi connectivity index (χ3n) is 5.62. The molecule has 0 atom stereocenters. The Morgan fingerprint density at radius 3 is 1.91 bits per heavy atom. The summed E-state index contributed by atoms with van der Waals surface area (Å²) >= 11 is 2.39. The van der Waals surface area contributed by atoms with Crippen LogP contribution in [0, 0.1) is 10.5 Å². The zero-order valence-corrected chi connectivity index (χ0v) is 23.7. The summed E-state index contributed by atoms with van der Waals surface area (Å²) in [5.74, 6) is 0.979. The summed E-state index contributed by atoms with van der Waals surface area (Å²) in [6.45, 7) is 4.94. The molecule has 1 N–H and O–H groups in total. The van der Waals surface area contributed by atoms with E-state index in [0.29, 0.717) is 0 Å². The SMILES string of the molecule is CCCCCCCCCCOc1ccc(-c2ccccc2I)cc1.Cc1ccc(S(=O)(=O)O)cc1. The van der Waals surface area contributed by atoms with Crippen LogP contribution in [0.25, 0.3) is 11.1 Å². The number of unbranched alkanes of at least 4 members (excludes halogenated alkanes) is 7. The van der Waals surface area contributed by atoms with Gasteiger partial charge in [0.1, 0.15) is 5.75 Å². The van der Waals surface area contributed by atoms with Crippen molar-refractivity contribution in [2.75, 3.05) is 6.61 Å². The number of ether oxygens (including phenoxy) is 1. The number of hydrogen-bond donors (Lipinski definition) is 1. The first-order valence-electron chi connectivity index (χ1n) is 12.3. The topological polar surface area (TPSA) is 63.6 Å². The van der Waals surface area contributed by atoms with E-state index >= 15 is 0 Å². The molecule has 0 unspecified atom stereocenters. The van der Waals surface area contributed by atoms with Crippen molar-refractivity contribution in [3.63, 3.8) is 0 Å². The van der Waals surface area contributed by atoms with E-state index in [2.05, 4.69) is 78.0 Å². The Hall–Kier alpha value is -1.90. The number of aryl methyl sites for hydroxylation is 1. The zero-order valence-electron chi connectivity index (χ0n) is 20.8. The largest absolute Gasteiger partial charge is 0.494 e. The third kappa shape index (κ3) is 11.6. The Morgan fingerprint density at radius 2 is 1.34 bits per heavy atom. The highest BCUT2D eigenvalue weighted by Crippen LogP contribution is 2.26. The van der Waals surface area contributed by atoms with Crippen LogP contribution in [-0.2, 0) is 10.1 Å². The van der Waals surface area contributed by atoms with Crippen LogP contribution in [0.1, 0.15) is 63.9 Å². The predicted molar refractivity (Wildman–Crippen MR) is 154 cm³/mol. The molecule has 6 heteroatoms. The monoisotopic (exact) mass is 608 g/mol. The molecule has 0 fully saturated rings. The normalized spacial score (nSPS) is 11.0. The lowest BCUT2D eigenvalue weighted by molar-refractivity contribution is 0.304. The van der Waals surface area contributed by atoms with E-state index in [4.69, 9.17) is 9.29 Å². The highest BCUT2D eigenvalue weighted by Gasteiger charge is 2.07. The first-order chi connectivity index (χ1) is 16.8. The molecule has 3 rings (SSSR count). The second-order valence-electron chi connectivity index (χ2n) is 8.62. The van der Waals surface area contributed by atoms with E-state index < -0.39 is 10.1 Å². The summed E-state index contributed by atoms with van der Waals surface area (Å²) in [5.41, 5.74) is 3.49. The van der Waals surface area contributed by atoms with Crippen molar-refractivity contribution in [1.29, 1.82) is 0 Å². The minimum absolute atomic E-state index is 0.0666. The van der Waals surface area contributed by atoms with Crippen LogP contribution >= 0.6 is 22.6 Å². The van der Waals surface area contributed by atoms with Crippen molar-refractivity contribution in [1.82, 2.24) is 0 Å². The maximum atomic E-state index is 10.5. The molecule has 0 aliphatic rings. The standard InChI is InChI=1S/C22H29IO.C7H8O3S/c1-2-3-4-5-6-7-8-11-18-24-20-16-14-19(15-17-20)21-12-9-10-13-22(21)23;1-6-2-4-7(5-3-6)11(8,9)10/h9-10,12-17H,2-8,11,18H2,1H3;2-5H,1H3,(H,8,9,10). The third-order valence-corrected chi connectivity index (χ3v) is 7.43. The fourth-order valence-corrected chi connectivity index (χ4v) is 4.74. The predicted octanol–water partition coefficient (Wildman–Crippen LogP) is 8.72. The molecule has 0 aliphatic carbocycles.